The maximum Gasteiger partial charge on any atom is 0.266 e. The number of carbonyl (C=O) groups excluding carboxylic acids is 1. The number of nitrogens with one attached hydrogen (secondary N) is 1. The van der Waals surface area contributed by atoms with Crippen LogP contribution in [0.5, 0.6) is 0 Å². The van der Waals surface area contributed by atoms with Gasteiger partial charge in [-0.05, 0) is 0 Å². The third-order valence-electron chi connectivity index (χ3n) is 2.21. The van der Waals surface area contributed by atoms with E-state index < -0.39 is 0 Å². The van der Waals surface area contributed by atoms with Gasteiger partial charge in [-0.15, -0.1) is 13.2 Å². The molecule has 0 aromatic heterocycles. The molecule has 110 valence electrons. The van der Waals surface area contributed by atoms with Gasteiger partial charge in [0.1, 0.15) is 11.6 Å². The predicted molar refractivity (Wildman–Crippen MR) is 76.6 cm³/mol. The topological polar surface area (TPSA) is 85.6 Å². The van der Waals surface area contributed by atoms with Gasteiger partial charge in [0.05, 0.1) is 19.8 Å². The summed E-state index contributed by atoms with van der Waals surface area (Å²) in [6, 6.07) is 1.86. The molecule has 0 aliphatic heterocycles. The minimum Gasteiger partial charge on any atom is -0.394 e. The van der Waals surface area contributed by atoms with E-state index in [2.05, 4.69) is 18.5 Å². The zero-order valence-electron chi connectivity index (χ0n) is 11.5. The van der Waals surface area contributed by atoms with Gasteiger partial charge in [-0.25, -0.2) is 0 Å². The summed E-state index contributed by atoms with van der Waals surface area (Å²) < 4.78 is 5.04. The van der Waals surface area contributed by atoms with Crippen LogP contribution in [0, 0.1) is 11.3 Å². The van der Waals surface area contributed by atoms with Crippen molar-refractivity contribution >= 4 is 5.91 Å². The summed E-state index contributed by atoms with van der Waals surface area (Å²) in [5, 5.41) is 20.3. The molecule has 0 saturated heterocycles. The first-order valence-electron chi connectivity index (χ1n) is 6.24. The number of aliphatic hydroxyl groups is 1. The number of hydrogen-bond acceptors (Lipinski definition) is 5. The lowest BCUT2D eigenvalue weighted by Crippen LogP contribution is -2.33. The first-order chi connectivity index (χ1) is 9.71. The normalized spacial score (nSPS) is 10.5. The van der Waals surface area contributed by atoms with E-state index in [1.807, 2.05) is 6.07 Å². The summed E-state index contributed by atoms with van der Waals surface area (Å²) in [6.07, 6.45) is 4.54. The Labute approximate surface area is 119 Å². The highest BCUT2D eigenvalue weighted by atomic mass is 16.5. The van der Waals surface area contributed by atoms with Crippen molar-refractivity contribution in [3.05, 3.63) is 37.1 Å². The largest absolute Gasteiger partial charge is 0.394 e. The van der Waals surface area contributed by atoms with E-state index in [-0.39, 0.29) is 24.7 Å². The van der Waals surface area contributed by atoms with Gasteiger partial charge < -0.3 is 20.1 Å². The Balaban J connectivity index is 4.40. The Kier molecular flexibility index (Phi) is 10.7. The molecular formula is C14H21N3O3. The highest BCUT2D eigenvalue weighted by Crippen LogP contribution is 2.01. The van der Waals surface area contributed by atoms with Crippen LogP contribution < -0.4 is 5.32 Å². The van der Waals surface area contributed by atoms with Crippen LogP contribution in [0.2, 0.25) is 0 Å². The molecule has 0 aliphatic rings. The fourth-order valence-electron chi connectivity index (χ4n) is 1.34. The van der Waals surface area contributed by atoms with Crippen LogP contribution in [-0.2, 0) is 9.53 Å². The average Bonchev–Trinajstić information content (AvgIpc) is 2.46. The molecule has 0 spiro atoms. The van der Waals surface area contributed by atoms with Gasteiger partial charge in [-0.1, -0.05) is 12.2 Å². The molecule has 0 atom stereocenters. The second-order valence-electron chi connectivity index (χ2n) is 3.75. The van der Waals surface area contributed by atoms with Gasteiger partial charge in [0.15, 0.2) is 0 Å². The maximum atomic E-state index is 12.1. The number of hydrogen-bond donors (Lipinski definition) is 2. The number of nitriles is 1. The molecule has 0 radical (unpaired) electrons. The lowest BCUT2D eigenvalue weighted by atomic mass is 10.2. The summed E-state index contributed by atoms with van der Waals surface area (Å²) in [4.78, 5) is 13.5. The number of aliphatic hydroxyl groups excluding tert-OH is 1. The molecule has 6 heteroatoms. The van der Waals surface area contributed by atoms with Gasteiger partial charge in [-0.2, -0.15) is 5.26 Å². The van der Waals surface area contributed by atoms with Crippen LogP contribution in [0.25, 0.3) is 0 Å². The van der Waals surface area contributed by atoms with E-state index in [9.17, 15) is 4.79 Å². The third-order valence-corrected chi connectivity index (χ3v) is 2.21. The van der Waals surface area contributed by atoms with Crippen molar-refractivity contribution in [2.75, 3.05) is 39.5 Å². The minimum absolute atomic E-state index is 0.0101. The zero-order valence-corrected chi connectivity index (χ0v) is 11.5. The number of rotatable bonds is 11. The second-order valence-corrected chi connectivity index (χ2v) is 3.75. The van der Waals surface area contributed by atoms with E-state index in [0.29, 0.717) is 26.2 Å². The lowest BCUT2D eigenvalue weighted by molar-refractivity contribution is -0.125. The van der Waals surface area contributed by atoms with Crippen molar-refractivity contribution in [2.45, 2.75) is 0 Å². The molecule has 0 heterocycles. The molecule has 0 fully saturated rings. The van der Waals surface area contributed by atoms with Crippen molar-refractivity contribution in [3.63, 3.8) is 0 Å². The fourth-order valence-corrected chi connectivity index (χ4v) is 1.34. The van der Waals surface area contributed by atoms with E-state index in [4.69, 9.17) is 15.1 Å². The third kappa shape index (κ3) is 7.36. The van der Waals surface area contributed by atoms with Crippen molar-refractivity contribution in [3.8, 4) is 6.07 Å². The highest BCUT2D eigenvalue weighted by molar-refractivity contribution is 5.97. The van der Waals surface area contributed by atoms with Gasteiger partial charge in [-0.3, -0.25) is 4.79 Å². The monoisotopic (exact) mass is 279 g/mol. The SMILES string of the molecule is C=CCN(CC=C)C(=O)/C(C#N)=C\NCCOCCO. The number of ether oxygens (including phenoxy) is 1. The molecule has 0 aliphatic carbocycles. The van der Waals surface area contributed by atoms with Crippen LogP contribution >= 0.6 is 0 Å². The second kappa shape index (κ2) is 12.0. The van der Waals surface area contributed by atoms with Crippen LogP contribution in [-0.4, -0.2) is 55.4 Å². The Morgan fingerprint density at radius 1 is 1.35 bits per heavy atom. The van der Waals surface area contributed by atoms with Crippen LogP contribution in [0.15, 0.2) is 37.1 Å². The standard InChI is InChI=1S/C14H21N3O3/c1-3-6-17(7-4-2)14(19)13(11-15)12-16-5-9-20-10-8-18/h3-4,12,16,18H,1-2,5-10H2/b13-12-. The van der Waals surface area contributed by atoms with Crippen molar-refractivity contribution in [2.24, 2.45) is 0 Å². The summed E-state index contributed by atoms with van der Waals surface area (Å²) in [7, 11) is 0. The van der Waals surface area contributed by atoms with Gasteiger partial charge in [0.2, 0.25) is 0 Å². The quantitative estimate of drug-likeness (QED) is 0.244. The summed E-state index contributed by atoms with van der Waals surface area (Å²) in [6.45, 7) is 8.91. The van der Waals surface area contributed by atoms with Crippen LogP contribution in [0.3, 0.4) is 0 Å². The molecule has 0 aromatic rings. The molecule has 1 amide bonds. The smallest absolute Gasteiger partial charge is 0.266 e. The van der Waals surface area contributed by atoms with Crippen LogP contribution in [0.1, 0.15) is 0 Å². The van der Waals surface area contributed by atoms with Gasteiger partial charge >= 0.3 is 0 Å². The first-order valence-corrected chi connectivity index (χ1v) is 6.24. The van der Waals surface area contributed by atoms with E-state index in [1.165, 1.54) is 11.1 Å². The Morgan fingerprint density at radius 2 is 2.00 bits per heavy atom. The molecule has 6 nitrogen and oxygen atoms in total. The molecule has 0 bridgehead atoms. The van der Waals surface area contributed by atoms with Crippen molar-refractivity contribution < 1.29 is 14.6 Å². The zero-order chi connectivity index (χ0) is 15.2. The summed E-state index contributed by atoms with van der Waals surface area (Å²) in [5.74, 6) is -0.379. The van der Waals surface area contributed by atoms with E-state index in [1.54, 1.807) is 12.2 Å². The number of carbonyl (C=O) groups is 1. The first kappa shape index (κ1) is 17.9. The van der Waals surface area contributed by atoms with Crippen LogP contribution in [0.4, 0.5) is 0 Å². The number of nitrogens with zero attached hydrogens (tertiary/aromatic N) is 2. The highest BCUT2D eigenvalue weighted by Gasteiger charge is 2.15. The lowest BCUT2D eigenvalue weighted by Gasteiger charge is -2.18. The summed E-state index contributed by atoms with van der Waals surface area (Å²) in [5.41, 5.74) is 0.0101. The Morgan fingerprint density at radius 3 is 2.50 bits per heavy atom. The molecule has 0 saturated carbocycles. The average molecular weight is 279 g/mol. The molecule has 20 heavy (non-hydrogen) atoms. The van der Waals surface area contributed by atoms with Crippen molar-refractivity contribution in [1.29, 1.82) is 5.26 Å². The van der Waals surface area contributed by atoms with Gasteiger partial charge in [0, 0.05) is 25.8 Å². The fraction of sp³-hybridized carbons (Fsp3) is 0.429. The van der Waals surface area contributed by atoms with Gasteiger partial charge in [0.25, 0.3) is 5.91 Å². The predicted octanol–water partition coefficient (Wildman–Crippen LogP) is 0.193. The Hall–Kier alpha value is -2.10. The summed E-state index contributed by atoms with van der Waals surface area (Å²) >= 11 is 0. The minimum atomic E-state index is -0.379. The molecule has 0 rings (SSSR count). The van der Waals surface area contributed by atoms with E-state index in [0.717, 1.165) is 0 Å². The Bertz CT molecular complexity index is 376. The number of amides is 1. The molecule has 0 unspecified atom stereocenters. The molecule has 2 N–H and O–H groups in total. The molecular weight excluding hydrogens is 258 g/mol. The molecule has 0 aromatic carbocycles. The van der Waals surface area contributed by atoms with E-state index >= 15 is 0 Å². The van der Waals surface area contributed by atoms with Crippen molar-refractivity contribution in [1.82, 2.24) is 10.2 Å². The maximum absolute atomic E-state index is 12.1.